The van der Waals surface area contributed by atoms with Crippen LogP contribution in [0.5, 0.6) is 0 Å². The topological polar surface area (TPSA) is 88.1 Å². The maximum absolute atomic E-state index is 11.3. The summed E-state index contributed by atoms with van der Waals surface area (Å²) in [6.45, 7) is 7.43. The van der Waals surface area contributed by atoms with E-state index in [4.69, 9.17) is 18.9 Å². The second-order valence-electron chi connectivity index (χ2n) is 5.19. The van der Waals surface area contributed by atoms with Gasteiger partial charge in [0.25, 0.3) is 0 Å². The molecule has 0 aromatic heterocycles. The highest BCUT2D eigenvalue weighted by atomic mass is 16.6. The molecule has 0 aliphatic carbocycles. The average Bonchev–Trinajstić information content (AvgIpc) is 2.35. The van der Waals surface area contributed by atoms with Gasteiger partial charge in [0.1, 0.15) is 18.8 Å². The van der Waals surface area contributed by atoms with E-state index in [1.807, 2.05) is 13.8 Å². The van der Waals surface area contributed by atoms with Gasteiger partial charge in [-0.15, -0.1) is 0 Å². The molecule has 2 unspecified atom stereocenters. The molecule has 21 heavy (non-hydrogen) atoms. The van der Waals surface area contributed by atoms with Crippen molar-refractivity contribution in [2.75, 3.05) is 6.61 Å². The first-order valence-electron chi connectivity index (χ1n) is 6.85. The minimum atomic E-state index is -0.808. The molecule has 7 nitrogen and oxygen atoms in total. The van der Waals surface area contributed by atoms with Crippen LogP contribution < -0.4 is 0 Å². The third-order valence-corrected chi connectivity index (χ3v) is 3.39. The van der Waals surface area contributed by atoms with Crippen molar-refractivity contribution < 1.29 is 33.3 Å². The highest BCUT2D eigenvalue weighted by molar-refractivity contribution is 5.67. The van der Waals surface area contributed by atoms with Crippen LogP contribution in [-0.4, -0.2) is 48.9 Å². The van der Waals surface area contributed by atoms with Crippen molar-refractivity contribution in [1.82, 2.24) is 0 Å². The lowest BCUT2D eigenvalue weighted by molar-refractivity contribution is -0.228. The third kappa shape index (κ3) is 5.00. The van der Waals surface area contributed by atoms with Gasteiger partial charge >= 0.3 is 17.9 Å². The van der Waals surface area contributed by atoms with Crippen LogP contribution >= 0.6 is 0 Å². The number of hydrogen-bond acceptors (Lipinski definition) is 7. The highest BCUT2D eigenvalue weighted by Crippen LogP contribution is 2.30. The molecular formula is C14H22O7. The molecule has 1 heterocycles. The molecule has 0 N–H and O–H groups in total. The predicted molar refractivity (Wildman–Crippen MR) is 71.2 cm³/mol. The Morgan fingerprint density at radius 1 is 0.905 bits per heavy atom. The standard InChI is InChI=1S/C14H22O7/c1-7-8(2)19-12(6-18-9(3)15)14(21-11(5)17)13(7)20-10(4)16/h7-8,12-14H,6H2,1-5H3/t7?,8-,12?,13+,14-/m0/s1. The average molecular weight is 302 g/mol. The number of carbonyl (C=O) groups excluding carboxylic acids is 3. The zero-order valence-electron chi connectivity index (χ0n) is 13.0. The molecule has 1 aliphatic rings. The summed E-state index contributed by atoms with van der Waals surface area (Å²) < 4.78 is 21.2. The Bertz CT molecular complexity index is 406. The number of hydrogen-bond donors (Lipinski definition) is 0. The Morgan fingerprint density at radius 2 is 1.43 bits per heavy atom. The van der Waals surface area contributed by atoms with E-state index >= 15 is 0 Å². The molecule has 1 aliphatic heterocycles. The summed E-state index contributed by atoms with van der Waals surface area (Å²) in [5, 5.41) is 0. The molecule has 0 radical (unpaired) electrons. The fraction of sp³-hybridized carbons (Fsp3) is 0.786. The Kier molecular flexibility index (Phi) is 6.14. The highest BCUT2D eigenvalue weighted by Gasteiger charge is 2.46. The Balaban J connectivity index is 2.94. The van der Waals surface area contributed by atoms with Gasteiger partial charge in [-0.05, 0) is 6.92 Å². The normalized spacial score (nSPS) is 32.1. The predicted octanol–water partition coefficient (Wildman–Crippen LogP) is 0.836. The van der Waals surface area contributed by atoms with Crippen LogP contribution in [0.4, 0.5) is 0 Å². The third-order valence-electron chi connectivity index (χ3n) is 3.39. The SMILES string of the molecule is CC(=O)OCC1O[C@@H](C)C(C)[C@@H](OC(C)=O)[C@H]1OC(C)=O. The van der Waals surface area contributed by atoms with E-state index in [-0.39, 0.29) is 18.6 Å². The fourth-order valence-electron chi connectivity index (χ4n) is 2.29. The molecule has 0 saturated carbocycles. The molecule has 5 atom stereocenters. The van der Waals surface area contributed by atoms with Gasteiger partial charge in [0.2, 0.25) is 0 Å². The van der Waals surface area contributed by atoms with Gasteiger partial charge in [-0.25, -0.2) is 0 Å². The fourth-order valence-corrected chi connectivity index (χ4v) is 2.29. The van der Waals surface area contributed by atoms with E-state index in [1.54, 1.807) is 0 Å². The van der Waals surface area contributed by atoms with Crippen LogP contribution in [-0.2, 0) is 33.3 Å². The number of carbonyl (C=O) groups is 3. The van der Waals surface area contributed by atoms with Crippen molar-refractivity contribution in [2.24, 2.45) is 5.92 Å². The van der Waals surface area contributed by atoms with Crippen molar-refractivity contribution in [2.45, 2.75) is 59.0 Å². The van der Waals surface area contributed by atoms with Gasteiger partial charge in [-0.2, -0.15) is 0 Å². The van der Waals surface area contributed by atoms with Gasteiger partial charge in [0, 0.05) is 26.7 Å². The maximum Gasteiger partial charge on any atom is 0.303 e. The second kappa shape index (κ2) is 7.40. The molecule has 0 amide bonds. The van der Waals surface area contributed by atoms with Crippen LogP contribution in [0.1, 0.15) is 34.6 Å². The van der Waals surface area contributed by atoms with E-state index in [1.165, 1.54) is 20.8 Å². The monoisotopic (exact) mass is 302 g/mol. The molecule has 0 spiro atoms. The van der Waals surface area contributed by atoms with E-state index < -0.39 is 36.2 Å². The first-order valence-corrected chi connectivity index (χ1v) is 6.85. The minimum absolute atomic E-state index is 0.0674. The van der Waals surface area contributed by atoms with Crippen LogP contribution in [0, 0.1) is 5.92 Å². The molecule has 0 aromatic carbocycles. The molecule has 120 valence electrons. The summed E-state index contributed by atoms with van der Waals surface area (Å²) in [5.74, 6) is -1.61. The van der Waals surface area contributed by atoms with E-state index in [0.29, 0.717) is 0 Å². The van der Waals surface area contributed by atoms with Gasteiger partial charge in [0.05, 0.1) is 6.10 Å². The number of rotatable bonds is 4. The van der Waals surface area contributed by atoms with Crippen molar-refractivity contribution in [3.8, 4) is 0 Å². The van der Waals surface area contributed by atoms with E-state index in [2.05, 4.69) is 0 Å². The van der Waals surface area contributed by atoms with E-state index in [9.17, 15) is 14.4 Å². The lowest BCUT2D eigenvalue weighted by atomic mass is 9.88. The smallest absolute Gasteiger partial charge is 0.303 e. The van der Waals surface area contributed by atoms with Gasteiger partial charge in [-0.3, -0.25) is 14.4 Å². The van der Waals surface area contributed by atoms with Gasteiger partial charge < -0.3 is 18.9 Å². The van der Waals surface area contributed by atoms with Gasteiger partial charge in [-0.1, -0.05) is 6.92 Å². The van der Waals surface area contributed by atoms with Crippen LogP contribution in [0.3, 0.4) is 0 Å². The summed E-state index contributed by atoms with van der Waals surface area (Å²) in [7, 11) is 0. The zero-order chi connectivity index (χ0) is 16.2. The molecule has 0 bridgehead atoms. The minimum Gasteiger partial charge on any atom is -0.463 e. The Hall–Kier alpha value is -1.63. The number of esters is 3. The first kappa shape index (κ1) is 17.4. The van der Waals surface area contributed by atoms with Crippen LogP contribution in [0.25, 0.3) is 0 Å². The molecular weight excluding hydrogens is 280 g/mol. The summed E-state index contributed by atoms with van der Waals surface area (Å²) >= 11 is 0. The molecule has 1 rings (SSSR count). The molecule has 7 heteroatoms. The largest absolute Gasteiger partial charge is 0.463 e. The van der Waals surface area contributed by atoms with Crippen molar-refractivity contribution in [3.63, 3.8) is 0 Å². The van der Waals surface area contributed by atoms with Crippen molar-refractivity contribution in [1.29, 1.82) is 0 Å². The number of ether oxygens (including phenoxy) is 4. The summed E-state index contributed by atoms with van der Waals surface area (Å²) in [4.78, 5) is 33.5. The quantitative estimate of drug-likeness (QED) is 0.561. The Morgan fingerprint density at radius 3 is 1.90 bits per heavy atom. The zero-order valence-corrected chi connectivity index (χ0v) is 13.0. The van der Waals surface area contributed by atoms with Crippen molar-refractivity contribution >= 4 is 17.9 Å². The second-order valence-corrected chi connectivity index (χ2v) is 5.19. The molecule has 1 fully saturated rings. The summed E-state index contributed by atoms with van der Waals surface area (Å²) in [6, 6.07) is 0. The summed E-state index contributed by atoms with van der Waals surface area (Å²) in [5.41, 5.74) is 0. The lowest BCUT2D eigenvalue weighted by Gasteiger charge is -2.43. The molecule has 1 saturated heterocycles. The maximum atomic E-state index is 11.3. The van der Waals surface area contributed by atoms with Crippen LogP contribution in [0.15, 0.2) is 0 Å². The molecule has 0 aromatic rings. The van der Waals surface area contributed by atoms with Crippen LogP contribution in [0.2, 0.25) is 0 Å². The summed E-state index contributed by atoms with van der Waals surface area (Å²) in [6.07, 6.45) is -2.36. The van der Waals surface area contributed by atoms with Crippen molar-refractivity contribution in [3.05, 3.63) is 0 Å². The Labute approximate surface area is 123 Å². The van der Waals surface area contributed by atoms with Gasteiger partial charge in [0.15, 0.2) is 6.10 Å². The lowest BCUT2D eigenvalue weighted by Crippen LogP contribution is -2.57. The van der Waals surface area contributed by atoms with E-state index in [0.717, 1.165) is 0 Å². The first-order chi connectivity index (χ1) is 9.72.